The Bertz CT molecular complexity index is 421. The van der Waals surface area contributed by atoms with E-state index in [0.29, 0.717) is 0 Å². The summed E-state index contributed by atoms with van der Waals surface area (Å²) in [6, 6.07) is 6.14. The molecule has 0 heterocycles. The van der Waals surface area contributed by atoms with E-state index in [0.717, 1.165) is 23.1 Å². The molecule has 3 unspecified atom stereocenters. The zero-order valence-corrected chi connectivity index (χ0v) is 12.8. The molecule has 1 aromatic carbocycles. The van der Waals surface area contributed by atoms with Gasteiger partial charge in [-0.2, -0.15) is 0 Å². The van der Waals surface area contributed by atoms with E-state index in [9.17, 15) is 0 Å². The molecule has 0 saturated heterocycles. The maximum absolute atomic E-state index is 6.30. The molecule has 0 amide bonds. The van der Waals surface area contributed by atoms with Crippen LogP contribution in [0.3, 0.4) is 0 Å². The van der Waals surface area contributed by atoms with Crippen LogP contribution in [0.25, 0.3) is 0 Å². The fraction of sp³-hybridized carbons (Fsp3) is 0.571. The lowest BCUT2D eigenvalue weighted by atomic mass is 9.65. The smallest absolute Gasteiger partial charge is 0.123 e. The number of rotatable bonds is 3. The van der Waals surface area contributed by atoms with Crippen LogP contribution >= 0.6 is 27.5 Å². The molecule has 0 radical (unpaired) electrons. The molecule has 1 fully saturated rings. The van der Waals surface area contributed by atoms with Crippen molar-refractivity contribution < 1.29 is 4.74 Å². The van der Waals surface area contributed by atoms with Gasteiger partial charge >= 0.3 is 0 Å². The van der Waals surface area contributed by atoms with Crippen molar-refractivity contribution in [3.8, 4) is 5.75 Å². The van der Waals surface area contributed by atoms with Gasteiger partial charge in [-0.15, -0.1) is 11.6 Å². The molecule has 1 saturated carbocycles. The van der Waals surface area contributed by atoms with Crippen LogP contribution in [0, 0.1) is 12.3 Å². The molecule has 1 aromatic rings. The second-order valence-corrected chi connectivity index (χ2v) is 6.52. The zero-order chi connectivity index (χ0) is 12.6. The van der Waals surface area contributed by atoms with E-state index in [1.165, 1.54) is 5.56 Å². The maximum Gasteiger partial charge on any atom is 0.123 e. The second kappa shape index (κ2) is 4.81. The van der Waals surface area contributed by atoms with Crippen molar-refractivity contribution in [1.29, 1.82) is 0 Å². The van der Waals surface area contributed by atoms with E-state index in [1.54, 1.807) is 0 Å². The van der Waals surface area contributed by atoms with E-state index < -0.39 is 0 Å². The molecule has 1 nitrogen and oxygen atoms in total. The molecule has 17 heavy (non-hydrogen) atoms. The van der Waals surface area contributed by atoms with Crippen LogP contribution in [-0.4, -0.2) is 11.5 Å². The normalized spacial score (nSPS) is 32.1. The number of benzene rings is 1. The molecular weight excluding hydrogens is 300 g/mol. The first-order chi connectivity index (χ1) is 7.97. The highest BCUT2D eigenvalue weighted by molar-refractivity contribution is 9.10. The number of hydrogen-bond donors (Lipinski definition) is 0. The molecule has 0 aliphatic heterocycles. The molecule has 3 heteroatoms. The van der Waals surface area contributed by atoms with Crippen LogP contribution in [0.15, 0.2) is 22.7 Å². The van der Waals surface area contributed by atoms with Crippen molar-refractivity contribution >= 4 is 27.5 Å². The maximum atomic E-state index is 6.30. The summed E-state index contributed by atoms with van der Waals surface area (Å²) in [5.41, 5.74) is 1.28. The van der Waals surface area contributed by atoms with Crippen LogP contribution in [0.2, 0.25) is 0 Å². The van der Waals surface area contributed by atoms with Gasteiger partial charge in [0.05, 0.1) is 0 Å². The van der Waals surface area contributed by atoms with Gasteiger partial charge in [-0.3, -0.25) is 0 Å². The molecule has 2 rings (SSSR count). The molecular formula is C14H18BrClO. The molecule has 0 spiro atoms. The Hall–Kier alpha value is -0.210. The van der Waals surface area contributed by atoms with Crippen LogP contribution in [0.5, 0.6) is 5.75 Å². The quantitative estimate of drug-likeness (QED) is 0.718. The number of alkyl halides is 1. The van der Waals surface area contributed by atoms with Crippen LogP contribution in [-0.2, 0) is 0 Å². The summed E-state index contributed by atoms with van der Waals surface area (Å²) < 4.78 is 7.18. The van der Waals surface area contributed by atoms with E-state index >= 15 is 0 Å². The molecule has 94 valence electrons. The van der Waals surface area contributed by atoms with Crippen molar-refractivity contribution in [2.45, 2.75) is 45.1 Å². The average Bonchev–Trinajstić information content (AvgIpc) is 2.32. The van der Waals surface area contributed by atoms with Crippen molar-refractivity contribution in [2.75, 3.05) is 0 Å². The highest BCUT2D eigenvalue weighted by Crippen LogP contribution is 2.49. The topological polar surface area (TPSA) is 9.23 Å². The molecule has 3 atom stereocenters. The van der Waals surface area contributed by atoms with Gasteiger partial charge in [0.25, 0.3) is 0 Å². The summed E-state index contributed by atoms with van der Waals surface area (Å²) >= 11 is 9.78. The van der Waals surface area contributed by atoms with Crippen LogP contribution < -0.4 is 4.74 Å². The SMILES string of the molecule is CCC1(C)C(Cl)CC1Oc1cc(Br)ccc1C. The Morgan fingerprint density at radius 1 is 1.53 bits per heavy atom. The summed E-state index contributed by atoms with van der Waals surface area (Å²) in [7, 11) is 0. The molecule has 0 bridgehead atoms. The average molecular weight is 318 g/mol. The zero-order valence-electron chi connectivity index (χ0n) is 10.5. The third kappa shape index (κ3) is 2.34. The van der Waals surface area contributed by atoms with Crippen molar-refractivity contribution in [2.24, 2.45) is 5.41 Å². The molecule has 1 aliphatic rings. The second-order valence-electron chi connectivity index (χ2n) is 5.08. The lowest BCUT2D eigenvalue weighted by Crippen LogP contribution is -2.55. The van der Waals surface area contributed by atoms with Crippen molar-refractivity contribution in [3.63, 3.8) is 0 Å². The Morgan fingerprint density at radius 2 is 2.24 bits per heavy atom. The van der Waals surface area contributed by atoms with Gasteiger partial charge < -0.3 is 4.74 Å². The summed E-state index contributed by atoms with van der Waals surface area (Å²) in [5, 5.41) is 0.241. The van der Waals surface area contributed by atoms with Gasteiger partial charge in [-0.05, 0) is 31.0 Å². The van der Waals surface area contributed by atoms with Crippen LogP contribution in [0.1, 0.15) is 32.3 Å². The highest BCUT2D eigenvalue weighted by atomic mass is 79.9. The Balaban J connectivity index is 2.14. The monoisotopic (exact) mass is 316 g/mol. The lowest BCUT2D eigenvalue weighted by molar-refractivity contribution is -0.0298. The minimum Gasteiger partial charge on any atom is -0.489 e. The minimum absolute atomic E-state index is 0.107. The van der Waals surface area contributed by atoms with Gasteiger partial charge in [0.1, 0.15) is 11.9 Å². The first kappa shape index (κ1) is 13.2. The first-order valence-corrected chi connectivity index (χ1v) is 7.27. The fourth-order valence-corrected chi connectivity index (χ4v) is 3.05. The Kier molecular flexibility index (Phi) is 3.74. The fourth-order valence-electron chi connectivity index (χ4n) is 2.25. The summed E-state index contributed by atoms with van der Waals surface area (Å²) in [6.07, 6.45) is 2.24. The van der Waals surface area contributed by atoms with Crippen molar-refractivity contribution in [3.05, 3.63) is 28.2 Å². The minimum atomic E-state index is 0.107. The van der Waals surface area contributed by atoms with Gasteiger partial charge in [0, 0.05) is 21.7 Å². The molecule has 0 N–H and O–H groups in total. The van der Waals surface area contributed by atoms with E-state index in [-0.39, 0.29) is 16.9 Å². The van der Waals surface area contributed by atoms with E-state index in [1.807, 2.05) is 12.1 Å². The van der Waals surface area contributed by atoms with Gasteiger partial charge in [-0.1, -0.05) is 35.8 Å². The summed E-state index contributed by atoms with van der Waals surface area (Å²) in [5.74, 6) is 0.965. The summed E-state index contributed by atoms with van der Waals surface area (Å²) in [6.45, 7) is 6.47. The predicted octanol–water partition coefficient (Wildman–Crippen LogP) is 4.93. The first-order valence-electron chi connectivity index (χ1n) is 6.04. The number of hydrogen-bond acceptors (Lipinski definition) is 1. The van der Waals surface area contributed by atoms with Crippen molar-refractivity contribution in [1.82, 2.24) is 0 Å². The largest absolute Gasteiger partial charge is 0.489 e. The highest BCUT2D eigenvalue weighted by Gasteiger charge is 2.51. The summed E-state index contributed by atoms with van der Waals surface area (Å²) in [4.78, 5) is 0. The lowest BCUT2D eigenvalue weighted by Gasteiger charge is -2.50. The third-order valence-corrected chi connectivity index (χ3v) is 5.22. The predicted molar refractivity (Wildman–Crippen MR) is 76.0 cm³/mol. The molecule has 1 aliphatic carbocycles. The van der Waals surface area contributed by atoms with Crippen LogP contribution in [0.4, 0.5) is 0 Å². The van der Waals surface area contributed by atoms with Gasteiger partial charge in [-0.25, -0.2) is 0 Å². The standard InChI is InChI=1S/C14H18BrClO/c1-4-14(3)12(16)8-13(14)17-11-7-10(15)6-5-9(11)2/h5-7,12-13H,4,8H2,1-3H3. The number of aryl methyl sites for hydroxylation is 1. The Morgan fingerprint density at radius 3 is 2.82 bits per heavy atom. The number of halogens is 2. The number of ether oxygens (including phenoxy) is 1. The van der Waals surface area contributed by atoms with E-state index in [2.05, 4.69) is 42.8 Å². The Labute approximate surface area is 117 Å². The third-order valence-electron chi connectivity index (χ3n) is 4.05. The van der Waals surface area contributed by atoms with E-state index in [4.69, 9.17) is 16.3 Å². The van der Waals surface area contributed by atoms with Gasteiger partial charge in [0.2, 0.25) is 0 Å². The molecule has 0 aromatic heterocycles. The van der Waals surface area contributed by atoms with Gasteiger partial charge in [0.15, 0.2) is 0 Å².